The van der Waals surface area contributed by atoms with Crippen molar-refractivity contribution >= 4 is 22.9 Å². The molecular weight excluding hydrogens is 309 g/mol. The zero-order valence-corrected chi connectivity index (χ0v) is 12.1. The maximum atomic E-state index is 12.6. The number of alkyl halides is 3. The van der Waals surface area contributed by atoms with Crippen LogP contribution in [0.5, 0.6) is 0 Å². The molecule has 0 amide bonds. The summed E-state index contributed by atoms with van der Waals surface area (Å²) in [4.78, 5) is 3.99. The van der Waals surface area contributed by atoms with Crippen molar-refractivity contribution in [2.75, 3.05) is 6.54 Å². The average Bonchev–Trinajstić information content (AvgIpc) is 2.86. The number of nitrogens with one attached hydrogen (secondary N) is 1. The Morgan fingerprint density at radius 2 is 1.95 bits per heavy atom. The van der Waals surface area contributed by atoms with Crippen molar-refractivity contribution in [1.29, 1.82) is 0 Å². The van der Waals surface area contributed by atoms with Gasteiger partial charge in [-0.25, -0.2) is 4.98 Å². The second kappa shape index (κ2) is 6.11. The highest BCUT2D eigenvalue weighted by Gasteiger charge is 2.35. The molecule has 1 aromatic heterocycles. The number of benzene rings is 1. The van der Waals surface area contributed by atoms with Crippen molar-refractivity contribution in [3.8, 4) is 0 Å². The summed E-state index contributed by atoms with van der Waals surface area (Å²) in [5, 5.41) is 2.92. The lowest BCUT2D eigenvalue weighted by atomic mass is 10.1. The smallest absolute Gasteiger partial charge is 0.306 e. The van der Waals surface area contributed by atoms with E-state index >= 15 is 0 Å². The summed E-state index contributed by atoms with van der Waals surface area (Å²) < 4.78 is 37.8. The van der Waals surface area contributed by atoms with Crippen LogP contribution in [0, 0.1) is 0 Å². The van der Waals surface area contributed by atoms with Gasteiger partial charge in [-0.1, -0.05) is 30.7 Å². The Morgan fingerprint density at radius 1 is 1.30 bits per heavy atom. The Labute approximate surface area is 123 Å². The second-order valence-electron chi connectivity index (χ2n) is 4.11. The largest absolute Gasteiger partial charge is 0.443 e. The topological polar surface area (TPSA) is 24.9 Å². The van der Waals surface area contributed by atoms with Crippen molar-refractivity contribution < 1.29 is 13.2 Å². The van der Waals surface area contributed by atoms with Crippen LogP contribution in [0.15, 0.2) is 30.5 Å². The molecule has 2 nitrogen and oxygen atoms in total. The van der Waals surface area contributed by atoms with Crippen molar-refractivity contribution in [2.24, 2.45) is 0 Å². The van der Waals surface area contributed by atoms with Crippen LogP contribution in [0.25, 0.3) is 0 Å². The summed E-state index contributed by atoms with van der Waals surface area (Å²) in [5.74, 6) is 0. The lowest BCUT2D eigenvalue weighted by molar-refractivity contribution is -0.137. The first-order chi connectivity index (χ1) is 9.41. The second-order valence-corrected chi connectivity index (χ2v) is 5.61. The maximum absolute atomic E-state index is 12.6. The van der Waals surface area contributed by atoms with E-state index in [0.29, 0.717) is 27.8 Å². The van der Waals surface area contributed by atoms with Gasteiger partial charge >= 0.3 is 6.18 Å². The minimum atomic E-state index is -4.40. The third kappa shape index (κ3) is 3.50. The van der Waals surface area contributed by atoms with Crippen LogP contribution in [0.4, 0.5) is 13.2 Å². The number of rotatable bonds is 4. The van der Waals surface area contributed by atoms with E-state index in [9.17, 15) is 13.2 Å². The molecule has 0 radical (unpaired) electrons. The Hall–Kier alpha value is -1.11. The highest BCUT2D eigenvalue weighted by Crippen LogP contribution is 2.36. The molecule has 2 rings (SSSR count). The fourth-order valence-electron chi connectivity index (χ4n) is 1.79. The molecule has 20 heavy (non-hydrogen) atoms. The van der Waals surface area contributed by atoms with Crippen LogP contribution in [-0.4, -0.2) is 11.5 Å². The van der Waals surface area contributed by atoms with E-state index in [2.05, 4.69) is 10.3 Å². The van der Waals surface area contributed by atoms with Crippen molar-refractivity contribution in [2.45, 2.75) is 19.1 Å². The highest BCUT2D eigenvalue weighted by atomic mass is 35.5. The van der Waals surface area contributed by atoms with E-state index in [1.54, 1.807) is 24.3 Å². The summed E-state index contributed by atoms with van der Waals surface area (Å²) in [5.41, 5.74) is 0.855. The van der Waals surface area contributed by atoms with Gasteiger partial charge < -0.3 is 5.32 Å². The number of hydrogen-bond acceptors (Lipinski definition) is 3. The molecule has 0 aliphatic carbocycles. The van der Waals surface area contributed by atoms with Gasteiger partial charge in [0.1, 0.15) is 0 Å². The predicted octanol–water partition coefficient (Wildman–Crippen LogP) is 4.51. The molecule has 0 spiro atoms. The molecule has 2 aromatic rings. The van der Waals surface area contributed by atoms with Gasteiger partial charge in [0.05, 0.1) is 6.04 Å². The van der Waals surface area contributed by atoms with E-state index < -0.39 is 11.2 Å². The average molecular weight is 321 g/mol. The molecule has 7 heteroatoms. The van der Waals surface area contributed by atoms with Crippen molar-refractivity contribution in [3.05, 3.63) is 50.9 Å². The molecular formula is C13H12ClF3N2S. The third-order valence-electron chi connectivity index (χ3n) is 2.66. The van der Waals surface area contributed by atoms with Crippen LogP contribution >= 0.6 is 22.9 Å². The van der Waals surface area contributed by atoms with Crippen molar-refractivity contribution in [3.63, 3.8) is 0 Å². The van der Waals surface area contributed by atoms with Gasteiger partial charge in [0, 0.05) is 16.1 Å². The normalized spacial score (nSPS) is 13.4. The van der Waals surface area contributed by atoms with E-state index in [4.69, 9.17) is 11.6 Å². The molecule has 1 heterocycles. The number of aromatic nitrogens is 1. The molecule has 0 fully saturated rings. The number of nitrogens with zero attached hydrogens (tertiary/aromatic N) is 1. The van der Waals surface area contributed by atoms with Crippen LogP contribution in [0.3, 0.4) is 0 Å². The minimum Gasteiger partial charge on any atom is -0.306 e. The predicted molar refractivity (Wildman–Crippen MR) is 74.1 cm³/mol. The lowest BCUT2D eigenvalue weighted by Gasteiger charge is -2.16. The molecule has 0 saturated heterocycles. The van der Waals surface area contributed by atoms with Crippen LogP contribution < -0.4 is 5.32 Å². The summed E-state index contributed by atoms with van der Waals surface area (Å²) in [6.45, 7) is 2.53. The number of halogens is 4. The first-order valence-corrected chi connectivity index (χ1v) is 7.13. The van der Waals surface area contributed by atoms with Crippen LogP contribution in [0.1, 0.15) is 28.4 Å². The van der Waals surface area contributed by atoms with Gasteiger partial charge in [0.25, 0.3) is 0 Å². The van der Waals surface area contributed by atoms with Crippen LogP contribution in [-0.2, 0) is 6.18 Å². The summed E-state index contributed by atoms with van der Waals surface area (Å²) >= 11 is 6.48. The van der Waals surface area contributed by atoms with E-state index in [1.807, 2.05) is 6.92 Å². The minimum absolute atomic E-state index is 0.314. The van der Waals surface area contributed by atoms with Gasteiger partial charge in [-0.2, -0.15) is 13.2 Å². The summed E-state index contributed by atoms with van der Waals surface area (Å²) in [7, 11) is 0. The zero-order chi connectivity index (χ0) is 14.8. The monoisotopic (exact) mass is 320 g/mol. The van der Waals surface area contributed by atoms with Gasteiger partial charge in [-0.3, -0.25) is 0 Å². The molecule has 1 aromatic carbocycles. The quantitative estimate of drug-likeness (QED) is 0.896. The zero-order valence-electron chi connectivity index (χ0n) is 10.5. The van der Waals surface area contributed by atoms with E-state index in [-0.39, 0.29) is 6.04 Å². The molecule has 1 atom stereocenters. The van der Waals surface area contributed by atoms with Gasteiger partial charge in [-0.15, -0.1) is 11.3 Å². The standard InChI is InChI=1S/C13H12ClF3N2S/c1-2-18-11(8-3-5-9(14)6-4-8)10-7-19-12(20-10)13(15,16)17/h3-7,11,18H,2H2,1H3. The molecule has 108 valence electrons. The third-order valence-corrected chi connectivity index (χ3v) is 4.02. The molecule has 0 saturated carbocycles. The fourth-order valence-corrected chi connectivity index (χ4v) is 2.81. The first-order valence-electron chi connectivity index (χ1n) is 5.93. The molecule has 1 unspecified atom stereocenters. The Bertz CT molecular complexity index is 566. The molecule has 0 bridgehead atoms. The summed E-state index contributed by atoms with van der Waals surface area (Å²) in [6, 6.07) is 6.70. The van der Waals surface area contributed by atoms with E-state index in [1.165, 1.54) is 6.20 Å². The van der Waals surface area contributed by atoms with Crippen molar-refractivity contribution in [1.82, 2.24) is 10.3 Å². The molecule has 0 aliphatic heterocycles. The Morgan fingerprint density at radius 3 is 2.45 bits per heavy atom. The summed E-state index contributed by atoms with van der Waals surface area (Å²) in [6.07, 6.45) is -3.13. The van der Waals surface area contributed by atoms with Gasteiger partial charge in [0.15, 0.2) is 5.01 Å². The Balaban J connectivity index is 2.33. The van der Waals surface area contributed by atoms with Gasteiger partial charge in [-0.05, 0) is 24.2 Å². The molecule has 1 N–H and O–H groups in total. The fraction of sp³-hybridized carbons (Fsp3) is 0.308. The maximum Gasteiger partial charge on any atom is 0.443 e. The van der Waals surface area contributed by atoms with E-state index in [0.717, 1.165) is 5.56 Å². The van der Waals surface area contributed by atoms with Gasteiger partial charge in [0.2, 0.25) is 0 Å². The number of thiazole rings is 1. The van der Waals surface area contributed by atoms with Crippen LogP contribution in [0.2, 0.25) is 5.02 Å². The lowest BCUT2D eigenvalue weighted by Crippen LogP contribution is -2.21. The number of hydrogen-bond donors (Lipinski definition) is 1. The Kier molecular flexibility index (Phi) is 4.67. The molecule has 0 aliphatic rings. The highest BCUT2D eigenvalue weighted by molar-refractivity contribution is 7.11. The first kappa shape index (κ1) is 15.3. The SMILES string of the molecule is CCNC(c1ccc(Cl)cc1)c1cnc(C(F)(F)F)s1.